The smallest absolute Gasteiger partial charge is 0.341 e. The Morgan fingerprint density at radius 1 is 1.40 bits per heavy atom. The highest BCUT2D eigenvalue weighted by atomic mass is 32.1. The topological polar surface area (TPSA) is 83.0 Å². The number of benzene rings is 1. The van der Waals surface area contributed by atoms with Gasteiger partial charge in [-0.15, -0.1) is 0 Å². The lowest BCUT2D eigenvalue weighted by Gasteiger charge is -2.08. The van der Waals surface area contributed by atoms with Gasteiger partial charge in [0.25, 0.3) is 0 Å². The summed E-state index contributed by atoms with van der Waals surface area (Å²) < 4.78 is 5.07. The molecule has 0 aliphatic rings. The number of rotatable bonds is 6. The summed E-state index contributed by atoms with van der Waals surface area (Å²) in [6.45, 7) is 1.63. The lowest BCUT2D eigenvalue weighted by Crippen LogP contribution is -2.29. The van der Waals surface area contributed by atoms with E-state index in [1.165, 1.54) is 0 Å². The summed E-state index contributed by atoms with van der Waals surface area (Å²) in [5.41, 5.74) is 4.49. The Morgan fingerprint density at radius 3 is 2.55 bits per heavy atom. The van der Waals surface area contributed by atoms with Crippen LogP contribution in [-0.2, 0) is 4.79 Å². The molecule has 0 aromatic heterocycles. The second-order valence-electron chi connectivity index (χ2n) is 3.81. The molecule has 108 valence electrons. The zero-order chi connectivity index (χ0) is 15.0. The van der Waals surface area contributed by atoms with Gasteiger partial charge in [-0.3, -0.25) is 5.43 Å². The van der Waals surface area contributed by atoms with Gasteiger partial charge in [-0.05, 0) is 48.5 Å². The van der Waals surface area contributed by atoms with Crippen LogP contribution in [0.25, 0.3) is 0 Å². The normalized spacial score (nSPS) is 10.8. The first-order valence-corrected chi connectivity index (χ1v) is 6.47. The van der Waals surface area contributed by atoms with E-state index < -0.39 is 5.97 Å². The molecule has 0 amide bonds. The first-order valence-electron chi connectivity index (χ1n) is 6.06. The summed E-state index contributed by atoms with van der Waals surface area (Å²) in [6.07, 6.45) is 0.731. The van der Waals surface area contributed by atoms with E-state index in [2.05, 4.69) is 15.8 Å². The molecule has 1 aromatic rings. The van der Waals surface area contributed by atoms with Crippen LogP contribution in [0, 0.1) is 0 Å². The van der Waals surface area contributed by atoms with Crippen LogP contribution in [0.3, 0.4) is 0 Å². The van der Waals surface area contributed by atoms with Crippen molar-refractivity contribution in [3.8, 4) is 5.75 Å². The van der Waals surface area contributed by atoms with Crippen molar-refractivity contribution >= 4 is 29.0 Å². The molecule has 0 unspecified atom stereocenters. The Bertz CT molecular complexity index is 500. The second kappa shape index (κ2) is 8.11. The van der Waals surface area contributed by atoms with Gasteiger partial charge in [-0.2, -0.15) is 5.10 Å². The molecule has 0 saturated carbocycles. The van der Waals surface area contributed by atoms with Crippen molar-refractivity contribution < 1.29 is 14.6 Å². The van der Waals surface area contributed by atoms with Crippen LogP contribution < -0.4 is 15.5 Å². The number of carboxylic acids is 1. The lowest BCUT2D eigenvalue weighted by atomic mass is 10.1. The summed E-state index contributed by atoms with van der Waals surface area (Å²) in [4.78, 5) is 10.4. The molecule has 7 heteroatoms. The van der Waals surface area contributed by atoms with E-state index in [-0.39, 0.29) is 6.61 Å². The maximum atomic E-state index is 10.4. The molecule has 3 N–H and O–H groups in total. The first-order chi connectivity index (χ1) is 9.56. The zero-order valence-corrected chi connectivity index (χ0v) is 12.2. The molecule has 0 heterocycles. The molecule has 0 radical (unpaired) electrons. The number of hydrogen-bond donors (Lipinski definition) is 3. The largest absolute Gasteiger partial charge is 0.482 e. The number of ether oxygens (including phenoxy) is 1. The monoisotopic (exact) mass is 295 g/mol. The molecule has 0 saturated heterocycles. The van der Waals surface area contributed by atoms with Crippen molar-refractivity contribution in [1.29, 1.82) is 0 Å². The minimum absolute atomic E-state index is 0.355. The summed E-state index contributed by atoms with van der Waals surface area (Å²) in [5.74, 6) is -0.500. The molecule has 1 rings (SSSR count). The fraction of sp³-hybridized carbons (Fsp3) is 0.308. The van der Waals surface area contributed by atoms with Gasteiger partial charge in [0.1, 0.15) is 5.75 Å². The van der Waals surface area contributed by atoms with Gasteiger partial charge in [0.05, 0.1) is 5.71 Å². The van der Waals surface area contributed by atoms with E-state index >= 15 is 0 Å². The summed E-state index contributed by atoms with van der Waals surface area (Å²) >= 11 is 4.95. The van der Waals surface area contributed by atoms with Crippen molar-refractivity contribution in [1.82, 2.24) is 10.7 Å². The predicted octanol–water partition coefficient (Wildman–Crippen LogP) is 1.36. The third-order valence-electron chi connectivity index (χ3n) is 2.40. The van der Waals surface area contributed by atoms with E-state index in [9.17, 15) is 4.79 Å². The number of carbonyl (C=O) groups is 1. The first kappa shape index (κ1) is 15.9. The van der Waals surface area contributed by atoms with Crippen LogP contribution in [-0.4, -0.2) is 35.6 Å². The maximum Gasteiger partial charge on any atom is 0.341 e. The van der Waals surface area contributed by atoms with E-state index in [1.807, 2.05) is 19.1 Å². The van der Waals surface area contributed by atoms with Crippen LogP contribution in [0.5, 0.6) is 5.75 Å². The average Bonchev–Trinajstić information content (AvgIpc) is 2.46. The standard InChI is InChI=1S/C13H17N3O3S/c1-3-11(15-16-13(20)14-2)9-4-6-10(7-5-9)19-8-12(17)18/h4-7H,3,8H2,1-2H3,(H,17,18)(H2,14,16,20)/b15-11-. The Labute approximate surface area is 122 Å². The van der Waals surface area contributed by atoms with Gasteiger partial charge < -0.3 is 15.2 Å². The fourth-order valence-electron chi connectivity index (χ4n) is 1.41. The van der Waals surface area contributed by atoms with Crippen molar-refractivity contribution in [2.75, 3.05) is 13.7 Å². The number of carboxylic acid groups (broad SMARTS) is 1. The number of aliphatic carboxylic acids is 1. The predicted molar refractivity (Wildman–Crippen MR) is 81.2 cm³/mol. The van der Waals surface area contributed by atoms with Gasteiger partial charge in [-0.25, -0.2) is 4.79 Å². The quantitative estimate of drug-likeness (QED) is 0.417. The third kappa shape index (κ3) is 5.23. The third-order valence-corrected chi connectivity index (χ3v) is 2.70. The van der Waals surface area contributed by atoms with Crippen LogP contribution in [0.2, 0.25) is 0 Å². The van der Waals surface area contributed by atoms with Crippen molar-refractivity contribution in [3.05, 3.63) is 29.8 Å². The van der Waals surface area contributed by atoms with Gasteiger partial charge >= 0.3 is 5.97 Å². The van der Waals surface area contributed by atoms with Crippen LogP contribution in [0.1, 0.15) is 18.9 Å². The van der Waals surface area contributed by atoms with Crippen LogP contribution in [0.4, 0.5) is 0 Å². The minimum Gasteiger partial charge on any atom is -0.482 e. The number of hydrogen-bond acceptors (Lipinski definition) is 4. The van der Waals surface area contributed by atoms with Gasteiger partial charge in [-0.1, -0.05) is 6.92 Å². The molecule has 20 heavy (non-hydrogen) atoms. The molecule has 1 aromatic carbocycles. The van der Waals surface area contributed by atoms with E-state index in [1.54, 1.807) is 19.2 Å². The highest BCUT2D eigenvalue weighted by Gasteiger charge is 2.04. The van der Waals surface area contributed by atoms with E-state index in [4.69, 9.17) is 22.1 Å². The number of hydrazone groups is 1. The molecule has 0 aliphatic heterocycles. The van der Waals surface area contributed by atoms with E-state index in [0.29, 0.717) is 10.9 Å². The summed E-state index contributed by atoms with van der Waals surface area (Å²) in [5, 5.41) is 16.0. The average molecular weight is 295 g/mol. The molecule has 0 atom stereocenters. The van der Waals surface area contributed by atoms with Gasteiger partial charge in [0.15, 0.2) is 11.7 Å². The highest BCUT2D eigenvalue weighted by molar-refractivity contribution is 7.80. The SMILES string of the molecule is CC/C(=N/NC(=S)NC)c1ccc(OCC(=O)O)cc1. The molecule has 0 bridgehead atoms. The fourth-order valence-corrected chi connectivity index (χ4v) is 1.46. The molecule has 6 nitrogen and oxygen atoms in total. The number of nitrogens with zero attached hydrogens (tertiary/aromatic N) is 1. The van der Waals surface area contributed by atoms with Crippen molar-refractivity contribution in [3.63, 3.8) is 0 Å². The molecule has 0 spiro atoms. The number of nitrogens with one attached hydrogen (secondary N) is 2. The Kier molecular flexibility index (Phi) is 6.45. The zero-order valence-electron chi connectivity index (χ0n) is 11.3. The Balaban J connectivity index is 2.74. The Hall–Kier alpha value is -2.15. The van der Waals surface area contributed by atoms with Gasteiger partial charge in [0, 0.05) is 7.05 Å². The lowest BCUT2D eigenvalue weighted by molar-refractivity contribution is -0.139. The highest BCUT2D eigenvalue weighted by Crippen LogP contribution is 2.13. The molecular formula is C13H17N3O3S. The van der Waals surface area contributed by atoms with Crippen LogP contribution >= 0.6 is 12.2 Å². The van der Waals surface area contributed by atoms with Gasteiger partial charge in [0.2, 0.25) is 0 Å². The molecule has 0 aliphatic carbocycles. The molecular weight excluding hydrogens is 278 g/mol. The minimum atomic E-state index is -1.00. The summed E-state index contributed by atoms with van der Waals surface area (Å²) in [7, 11) is 1.71. The van der Waals surface area contributed by atoms with Crippen molar-refractivity contribution in [2.24, 2.45) is 5.10 Å². The second-order valence-corrected chi connectivity index (χ2v) is 4.22. The summed E-state index contributed by atoms with van der Waals surface area (Å²) in [6, 6.07) is 7.06. The maximum absolute atomic E-state index is 10.4. The Morgan fingerprint density at radius 2 is 2.05 bits per heavy atom. The number of thiocarbonyl (C=S) groups is 1. The van der Waals surface area contributed by atoms with E-state index in [0.717, 1.165) is 17.7 Å². The van der Waals surface area contributed by atoms with Crippen molar-refractivity contribution in [2.45, 2.75) is 13.3 Å². The van der Waals surface area contributed by atoms with Crippen LogP contribution in [0.15, 0.2) is 29.4 Å². The molecule has 0 fully saturated rings.